The van der Waals surface area contributed by atoms with Gasteiger partial charge in [0.15, 0.2) is 21.9 Å². The summed E-state index contributed by atoms with van der Waals surface area (Å²) in [7, 11) is -4.76. The Bertz CT molecular complexity index is 1710. The molecule has 5 rings (SSSR count). The number of likely N-dealkylation sites (tertiary alicyclic amines) is 1. The molecule has 1 fully saturated rings. The van der Waals surface area contributed by atoms with Crippen LogP contribution in [0.5, 0.6) is 0 Å². The number of rotatable bonds is 6. The zero-order chi connectivity index (χ0) is 35.7. The number of fused-ring (bicyclic) bond motifs is 3. The van der Waals surface area contributed by atoms with Crippen molar-refractivity contribution in [3.63, 3.8) is 0 Å². The monoisotopic (exact) mass is 737 g/mol. The molecule has 1 saturated heterocycles. The molecule has 4 atom stereocenters. The number of hydrogen-bond donors (Lipinski definition) is 0. The van der Waals surface area contributed by atoms with Crippen molar-refractivity contribution in [2.45, 2.75) is 78.2 Å². The predicted molar refractivity (Wildman–Crippen MR) is 150 cm³/mol. The molecule has 18 heteroatoms. The topological polar surface area (TPSA) is 63.7 Å². The molecule has 0 aromatic heterocycles. The van der Waals surface area contributed by atoms with Gasteiger partial charge in [-0.3, -0.25) is 4.79 Å². The van der Waals surface area contributed by atoms with Crippen LogP contribution in [0.3, 0.4) is 0 Å². The molecule has 0 radical (unpaired) electrons. The summed E-state index contributed by atoms with van der Waals surface area (Å²) < 4.78 is 180. The molecule has 4 unspecified atom stereocenters. The fraction of sp³-hybridized carbons (Fsp3) is 0.500. The third-order valence-electron chi connectivity index (χ3n) is 9.30. The van der Waals surface area contributed by atoms with Crippen molar-refractivity contribution in [1.82, 2.24) is 4.90 Å². The van der Waals surface area contributed by atoms with Gasteiger partial charge in [-0.05, 0) is 67.0 Å². The normalized spacial score (nSPS) is 25.3. The van der Waals surface area contributed by atoms with Crippen LogP contribution in [0.25, 0.3) is 0 Å². The number of carbonyl (C=O) groups is 1. The Balaban J connectivity index is 1.58. The SMILES string of the molecule is CC1CC(OSC(F)(F)F)=CCC1C(=O)N1CCC2(S(=O)(=O)c3cccc(F)c3)c3ccc(C(F)(C(F)(F)F)C(F)(F)F)cc3CCC12. The largest absolute Gasteiger partial charge is 0.479 e. The van der Waals surface area contributed by atoms with Crippen LogP contribution >= 0.6 is 12.0 Å². The summed E-state index contributed by atoms with van der Waals surface area (Å²) in [5.41, 5.74) is -12.8. The minimum absolute atomic E-state index is 0.0117. The Morgan fingerprint density at radius 3 is 2.23 bits per heavy atom. The van der Waals surface area contributed by atoms with Crippen molar-refractivity contribution >= 4 is 27.8 Å². The van der Waals surface area contributed by atoms with Gasteiger partial charge in [0.05, 0.1) is 10.9 Å². The molecule has 5 nitrogen and oxygen atoms in total. The van der Waals surface area contributed by atoms with E-state index in [1.807, 2.05) is 0 Å². The highest BCUT2D eigenvalue weighted by atomic mass is 32.2. The van der Waals surface area contributed by atoms with Crippen LogP contribution < -0.4 is 0 Å². The number of alkyl halides is 10. The summed E-state index contributed by atoms with van der Waals surface area (Å²) in [5, 5.41) is 0. The van der Waals surface area contributed by atoms with E-state index < -0.39 is 90.2 Å². The average molecular weight is 738 g/mol. The molecule has 1 amide bonds. The van der Waals surface area contributed by atoms with Gasteiger partial charge in [0.1, 0.15) is 16.3 Å². The van der Waals surface area contributed by atoms with Gasteiger partial charge in [-0.1, -0.05) is 31.2 Å². The molecule has 1 aliphatic heterocycles. The van der Waals surface area contributed by atoms with E-state index in [0.717, 1.165) is 18.2 Å². The van der Waals surface area contributed by atoms with Crippen molar-refractivity contribution in [3.05, 3.63) is 76.8 Å². The summed E-state index contributed by atoms with van der Waals surface area (Å²) in [4.78, 5) is 14.7. The average Bonchev–Trinajstić information content (AvgIpc) is 3.39. The fourth-order valence-electron chi connectivity index (χ4n) is 7.10. The van der Waals surface area contributed by atoms with E-state index in [9.17, 15) is 57.1 Å². The summed E-state index contributed by atoms with van der Waals surface area (Å²) in [6.45, 7) is 1.35. The maximum absolute atomic E-state index is 15.0. The highest BCUT2D eigenvalue weighted by Crippen LogP contribution is 2.57. The van der Waals surface area contributed by atoms with Crippen LogP contribution in [0.15, 0.2) is 59.2 Å². The maximum atomic E-state index is 15.0. The zero-order valence-corrected chi connectivity index (χ0v) is 26.3. The second kappa shape index (κ2) is 12.1. The van der Waals surface area contributed by atoms with E-state index in [1.165, 1.54) is 11.0 Å². The van der Waals surface area contributed by atoms with Crippen molar-refractivity contribution in [1.29, 1.82) is 0 Å². The van der Waals surface area contributed by atoms with E-state index in [1.54, 1.807) is 6.92 Å². The fourth-order valence-corrected chi connectivity index (χ4v) is 9.83. The van der Waals surface area contributed by atoms with E-state index in [2.05, 4.69) is 0 Å². The van der Waals surface area contributed by atoms with Gasteiger partial charge < -0.3 is 9.08 Å². The Morgan fingerprint density at radius 1 is 0.979 bits per heavy atom. The Hall–Kier alpha value is -3.02. The van der Waals surface area contributed by atoms with E-state index >= 15 is 4.39 Å². The molecule has 0 N–H and O–H groups in total. The summed E-state index contributed by atoms with van der Waals surface area (Å²) in [6, 6.07) is 3.84. The van der Waals surface area contributed by atoms with Crippen LogP contribution in [0, 0.1) is 17.7 Å². The number of benzene rings is 2. The number of carbonyl (C=O) groups excluding carboxylic acids is 1. The van der Waals surface area contributed by atoms with E-state index in [-0.39, 0.29) is 61.6 Å². The van der Waals surface area contributed by atoms with Gasteiger partial charge in [0.25, 0.3) is 0 Å². The van der Waals surface area contributed by atoms with Crippen molar-refractivity contribution in [2.24, 2.45) is 11.8 Å². The van der Waals surface area contributed by atoms with Crippen LogP contribution in [-0.2, 0) is 35.7 Å². The first-order valence-electron chi connectivity index (χ1n) is 14.4. The molecule has 2 aliphatic carbocycles. The number of halogens is 11. The Kier molecular flexibility index (Phi) is 9.13. The molecule has 2 aromatic carbocycles. The molecule has 3 aliphatic rings. The molecule has 0 spiro atoms. The molecule has 264 valence electrons. The molecule has 0 saturated carbocycles. The molecule has 48 heavy (non-hydrogen) atoms. The first-order chi connectivity index (χ1) is 22.0. The third kappa shape index (κ3) is 5.93. The van der Waals surface area contributed by atoms with Gasteiger partial charge in [0.2, 0.25) is 5.91 Å². The van der Waals surface area contributed by atoms with Crippen LogP contribution in [0.4, 0.5) is 48.3 Å². The number of allylic oxidation sites excluding steroid dienone is 2. The molecule has 1 heterocycles. The third-order valence-corrected chi connectivity index (χ3v) is 12.3. The smallest absolute Gasteiger partial charge is 0.422 e. The van der Waals surface area contributed by atoms with Gasteiger partial charge >= 0.3 is 23.5 Å². The second-order valence-corrected chi connectivity index (χ2v) is 15.0. The number of sulfone groups is 1. The highest BCUT2D eigenvalue weighted by molar-refractivity contribution is 7.95. The predicted octanol–water partition coefficient (Wildman–Crippen LogP) is 8.45. The lowest BCUT2D eigenvalue weighted by Crippen LogP contribution is -2.54. The quantitative estimate of drug-likeness (QED) is 0.220. The minimum Gasteiger partial charge on any atom is -0.422 e. The van der Waals surface area contributed by atoms with Crippen LogP contribution in [0.2, 0.25) is 0 Å². The van der Waals surface area contributed by atoms with Gasteiger partial charge in [-0.25, -0.2) is 17.2 Å². The Morgan fingerprint density at radius 2 is 1.65 bits per heavy atom. The first-order valence-corrected chi connectivity index (χ1v) is 16.7. The Labute approximate surface area is 271 Å². The lowest BCUT2D eigenvalue weighted by Gasteiger charge is -2.44. The van der Waals surface area contributed by atoms with E-state index in [0.29, 0.717) is 18.2 Å². The van der Waals surface area contributed by atoms with Gasteiger partial charge in [-0.2, -0.15) is 39.5 Å². The van der Waals surface area contributed by atoms with Gasteiger partial charge in [0, 0.05) is 24.4 Å². The van der Waals surface area contributed by atoms with Crippen molar-refractivity contribution in [3.8, 4) is 0 Å². The van der Waals surface area contributed by atoms with E-state index in [4.69, 9.17) is 4.18 Å². The summed E-state index contributed by atoms with van der Waals surface area (Å²) in [6.07, 6.45) is -12.6. The number of nitrogens with zero attached hydrogens (tertiary/aromatic N) is 1. The van der Waals surface area contributed by atoms with Gasteiger partial charge in [-0.15, -0.1) is 0 Å². The molecular weight excluding hydrogens is 711 g/mol. The number of amides is 1. The number of aryl methyl sites for hydroxylation is 1. The minimum atomic E-state index is -6.42. The lowest BCUT2D eigenvalue weighted by molar-refractivity contribution is -0.348. The molecular formula is C30H26F11NO4S2. The number of hydrogen-bond acceptors (Lipinski definition) is 5. The van der Waals surface area contributed by atoms with Crippen molar-refractivity contribution in [2.75, 3.05) is 6.54 Å². The standard InChI is InChI=1S/C30H26F11NO4S2/c1-16-13-20(46-47-30(39,40)41)7-8-22(16)25(43)42-12-11-26(48(44,45)21-4-2-3-19(31)15-21)23-9-6-18(14-17(23)5-10-24(26)42)27(32,28(33,34)35)29(36,37)38/h2-4,6-7,9,14-16,22,24H,5,8,10-13H2,1H3. The lowest BCUT2D eigenvalue weighted by atomic mass is 9.76. The summed E-state index contributed by atoms with van der Waals surface area (Å²) >= 11 is -0.714. The maximum Gasteiger partial charge on any atom is 0.479 e. The summed E-state index contributed by atoms with van der Waals surface area (Å²) in [5.74, 6) is -2.94. The zero-order valence-electron chi connectivity index (χ0n) is 24.6. The first kappa shape index (κ1) is 36.3. The van der Waals surface area contributed by atoms with Crippen LogP contribution in [-0.4, -0.2) is 49.7 Å². The molecule has 2 aromatic rings. The van der Waals surface area contributed by atoms with Crippen molar-refractivity contribution < 1.29 is 65.7 Å². The second-order valence-electron chi connectivity index (χ2n) is 12.0. The molecule has 0 bridgehead atoms. The highest BCUT2D eigenvalue weighted by Gasteiger charge is 2.74. The van der Waals surface area contributed by atoms with Crippen LogP contribution in [0.1, 0.15) is 49.3 Å².